The summed E-state index contributed by atoms with van der Waals surface area (Å²) in [4.78, 5) is 21.6. The van der Waals surface area contributed by atoms with Gasteiger partial charge in [-0.15, -0.1) is 0 Å². The van der Waals surface area contributed by atoms with E-state index in [1.54, 1.807) is 12.4 Å². The van der Waals surface area contributed by atoms with Crippen LogP contribution in [0.25, 0.3) is 22.2 Å². The van der Waals surface area contributed by atoms with Gasteiger partial charge in [0.25, 0.3) is 5.91 Å². The van der Waals surface area contributed by atoms with Crippen LogP contribution in [0, 0.1) is 0 Å². The van der Waals surface area contributed by atoms with Crippen molar-refractivity contribution in [1.29, 1.82) is 0 Å². The van der Waals surface area contributed by atoms with Crippen LogP contribution in [0.5, 0.6) is 0 Å². The quantitative estimate of drug-likeness (QED) is 0.554. The standard InChI is InChI=1S/C22H16ClN3O/c23-17-7-5-15(6-8-17)14-25-22(27)19-13-21(16-9-11-24-12-10-16)26-20-4-2-1-3-18(19)20/h1-13H,14H2,(H,25,27). The summed E-state index contributed by atoms with van der Waals surface area (Å²) >= 11 is 5.91. The van der Waals surface area contributed by atoms with E-state index in [4.69, 9.17) is 16.6 Å². The molecule has 1 N–H and O–H groups in total. The predicted octanol–water partition coefficient (Wildman–Crippen LogP) is 4.88. The molecule has 0 aliphatic heterocycles. The summed E-state index contributed by atoms with van der Waals surface area (Å²) in [6.07, 6.45) is 3.43. The fourth-order valence-electron chi connectivity index (χ4n) is 2.91. The zero-order valence-corrected chi connectivity index (χ0v) is 15.1. The summed E-state index contributed by atoms with van der Waals surface area (Å²) in [5.74, 6) is -0.140. The van der Waals surface area contributed by atoms with Crippen molar-refractivity contribution >= 4 is 28.4 Å². The molecule has 0 saturated carbocycles. The van der Waals surface area contributed by atoms with E-state index in [-0.39, 0.29) is 5.91 Å². The Labute approximate surface area is 161 Å². The van der Waals surface area contributed by atoms with Crippen LogP contribution in [0.4, 0.5) is 0 Å². The second kappa shape index (κ2) is 7.56. The second-order valence-electron chi connectivity index (χ2n) is 6.12. The number of hydrogen-bond donors (Lipinski definition) is 1. The first-order valence-corrected chi connectivity index (χ1v) is 8.91. The first kappa shape index (κ1) is 17.2. The van der Waals surface area contributed by atoms with Crippen molar-refractivity contribution in [3.63, 3.8) is 0 Å². The van der Waals surface area contributed by atoms with Gasteiger partial charge in [0.05, 0.1) is 16.8 Å². The number of pyridine rings is 2. The Morgan fingerprint density at radius 1 is 0.963 bits per heavy atom. The average Bonchev–Trinajstić information content (AvgIpc) is 2.73. The Morgan fingerprint density at radius 3 is 2.48 bits per heavy atom. The van der Waals surface area contributed by atoms with Gasteiger partial charge in [-0.05, 0) is 42.0 Å². The number of carbonyl (C=O) groups is 1. The number of para-hydroxylation sites is 1. The van der Waals surface area contributed by atoms with E-state index in [0.717, 1.165) is 27.7 Å². The highest BCUT2D eigenvalue weighted by Crippen LogP contribution is 2.24. The lowest BCUT2D eigenvalue weighted by atomic mass is 10.0. The fraction of sp³-hybridized carbons (Fsp3) is 0.0455. The van der Waals surface area contributed by atoms with Crippen molar-refractivity contribution < 1.29 is 4.79 Å². The molecule has 0 aliphatic carbocycles. The molecule has 0 unspecified atom stereocenters. The molecule has 132 valence electrons. The van der Waals surface area contributed by atoms with Crippen LogP contribution >= 0.6 is 11.6 Å². The number of amides is 1. The van der Waals surface area contributed by atoms with Crippen molar-refractivity contribution in [1.82, 2.24) is 15.3 Å². The molecule has 2 aromatic carbocycles. The first-order chi connectivity index (χ1) is 13.2. The van der Waals surface area contributed by atoms with Gasteiger partial charge < -0.3 is 5.32 Å². The summed E-state index contributed by atoms with van der Waals surface area (Å²) in [6.45, 7) is 0.428. The highest BCUT2D eigenvalue weighted by molar-refractivity contribution is 6.30. The highest BCUT2D eigenvalue weighted by Gasteiger charge is 2.13. The number of fused-ring (bicyclic) bond motifs is 1. The number of carbonyl (C=O) groups excluding carboxylic acids is 1. The van der Waals surface area contributed by atoms with Crippen molar-refractivity contribution in [3.05, 3.63) is 95.3 Å². The number of hydrogen-bond acceptors (Lipinski definition) is 3. The van der Waals surface area contributed by atoms with E-state index < -0.39 is 0 Å². The van der Waals surface area contributed by atoms with Gasteiger partial charge in [-0.2, -0.15) is 0 Å². The predicted molar refractivity (Wildman–Crippen MR) is 108 cm³/mol. The maximum atomic E-state index is 12.9. The first-order valence-electron chi connectivity index (χ1n) is 8.53. The van der Waals surface area contributed by atoms with Crippen LogP contribution in [0.2, 0.25) is 5.02 Å². The van der Waals surface area contributed by atoms with Gasteiger partial charge in [-0.3, -0.25) is 9.78 Å². The van der Waals surface area contributed by atoms with E-state index in [9.17, 15) is 4.79 Å². The third-order valence-corrected chi connectivity index (χ3v) is 4.56. The molecule has 4 aromatic rings. The molecule has 0 bridgehead atoms. The number of aromatic nitrogens is 2. The zero-order valence-electron chi connectivity index (χ0n) is 14.4. The summed E-state index contributed by atoms with van der Waals surface area (Å²) in [5, 5.41) is 4.48. The lowest BCUT2D eigenvalue weighted by Gasteiger charge is -2.11. The number of nitrogens with zero attached hydrogens (tertiary/aromatic N) is 2. The molecule has 0 atom stereocenters. The summed E-state index contributed by atoms with van der Waals surface area (Å²) in [7, 11) is 0. The molecular weight excluding hydrogens is 358 g/mol. The van der Waals surface area contributed by atoms with Gasteiger partial charge in [0.1, 0.15) is 0 Å². The molecule has 27 heavy (non-hydrogen) atoms. The van der Waals surface area contributed by atoms with Gasteiger partial charge in [0, 0.05) is 34.9 Å². The highest BCUT2D eigenvalue weighted by atomic mass is 35.5. The molecule has 0 fully saturated rings. The molecule has 0 saturated heterocycles. The fourth-order valence-corrected chi connectivity index (χ4v) is 3.04. The molecule has 0 aliphatic rings. The zero-order chi connectivity index (χ0) is 18.6. The third-order valence-electron chi connectivity index (χ3n) is 4.30. The monoisotopic (exact) mass is 373 g/mol. The smallest absolute Gasteiger partial charge is 0.252 e. The Hall–Kier alpha value is -3.24. The van der Waals surface area contributed by atoms with Crippen molar-refractivity contribution in [3.8, 4) is 11.3 Å². The lowest BCUT2D eigenvalue weighted by Crippen LogP contribution is -2.23. The summed E-state index contributed by atoms with van der Waals surface area (Å²) in [5.41, 5.74) is 4.03. The lowest BCUT2D eigenvalue weighted by molar-refractivity contribution is 0.0952. The SMILES string of the molecule is O=C(NCc1ccc(Cl)cc1)c1cc(-c2ccncc2)nc2ccccc12. The van der Waals surface area contributed by atoms with E-state index in [1.807, 2.05) is 66.7 Å². The van der Waals surface area contributed by atoms with Gasteiger partial charge in [-0.25, -0.2) is 4.98 Å². The Morgan fingerprint density at radius 2 is 1.70 bits per heavy atom. The van der Waals surface area contributed by atoms with Gasteiger partial charge in [0.15, 0.2) is 0 Å². The molecule has 2 heterocycles. The van der Waals surface area contributed by atoms with E-state index >= 15 is 0 Å². The van der Waals surface area contributed by atoms with Crippen LogP contribution in [-0.2, 0) is 6.54 Å². The van der Waals surface area contributed by atoms with E-state index in [1.165, 1.54) is 0 Å². The van der Waals surface area contributed by atoms with Crippen LogP contribution in [0.3, 0.4) is 0 Å². The van der Waals surface area contributed by atoms with Crippen LogP contribution in [0.1, 0.15) is 15.9 Å². The Bertz CT molecular complexity index is 1100. The van der Waals surface area contributed by atoms with Gasteiger partial charge in [-0.1, -0.05) is 41.9 Å². The van der Waals surface area contributed by atoms with Crippen LogP contribution < -0.4 is 5.32 Å². The van der Waals surface area contributed by atoms with Crippen molar-refractivity contribution in [2.24, 2.45) is 0 Å². The molecule has 0 spiro atoms. The normalized spacial score (nSPS) is 10.7. The molecule has 1 amide bonds. The minimum absolute atomic E-state index is 0.140. The van der Waals surface area contributed by atoms with Crippen LogP contribution in [-0.4, -0.2) is 15.9 Å². The van der Waals surface area contributed by atoms with Crippen molar-refractivity contribution in [2.75, 3.05) is 0 Å². The summed E-state index contributed by atoms with van der Waals surface area (Å²) in [6, 6.07) is 20.7. The van der Waals surface area contributed by atoms with E-state index in [0.29, 0.717) is 17.1 Å². The number of benzene rings is 2. The van der Waals surface area contributed by atoms with Crippen LogP contribution in [0.15, 0.2) is 79.1 Å². The maximum absolute atomic E-state index is 12.9. The minimum atomic E-state index is -0.140. The average molecular weight is 374 g/mol. The summed E-state index contributed by atoms with van der Waals surface area (Å²) < 4.78 is 0. The molecule has 4 nitrogen and oxygen atoms in total. The Balaban J connectivity index is 1.69. The minimum Gasteiger partial charge on any atom is -0.348 e. The largest absolute Gasteiger partial charge is 0.348 e. The Kier molecular flexibility index (Phi) is 4.81. The molecule has 4 rings (SSSR count). The van der Waals surface area contributed by atoms with Crippen molar-refractivity contribution in [2.45, 2.75) is 6.54 Å². The third kappa shape index (κ3) is 3.81. The molecular formula is C22H16ClN3O. The number of nitrogens with one attached hydrogen (secondary N) is 1. The molecule has 5 heteroatoms. The van der Waals surface area contributed by atoms with Gasteiger partial charge >= 0.3 is 0 Å². The van der Waals surface area contributed by atoms with Gasteiger partial charge in [0.2, 0.25) is 0 Å². The topological polar surface area (TPSA) is 54.9 Å². The molecule has 2 aromatic heterocycles. The number of halogens is 1. The number of rotatable bonds is 4. The second-order valence-corrected chi connectivity index (χ2v) is 6.55. The maximum Gasteiger partial charge on any atom is 0.252 e. The van der Waals surface area contributed by atoms with E-state index in [2.05, 4.69) is 10.3 Å². The molecule has 0 radical (unpaired) electrons.